The van der Waals surface area contributed by atoms with E-state index in [1.165, 1.54) is 17.9 Å². The van der Waals surface area contributed by atoms with E-state index in [1.54, 1.807) is 0 Å². The van der Waals surface area contributed by atoms with Gasteiger partial charge in [0.15, 0.2) is 0 Å². The lowest BCUT2D eigenvalue weighted by Crippen LogP contribution is -2.48. The van der Waals surface area contributed by atoms with E-state index in [4.69, 9.17) is 10.6 Å². The lowest BCUT2D eigenvalue weighted by molar-refractivity contribution is -0.127. The molecule has 2 rings (SSSR count). The molecule has 1 aromatic carbocycles. The molecule has 4 heteroatoms. The van der Waals surface area contributed by atoms with Gasteiger partial charge in [-0.15, -0.1) is 0 Å². The fourth-order valence-electron chi connectivity index (χ4n) is 2.29. The lowest BCUT2D eigenvalue weighted by Gasteiger charge is -2.31. The van der Waals surface area contributed by atoms with Crippen molar-refractivity contribution in [1.29, 1.82) is 0 Å². The number of unbranched alkanes of at least 4 members (excludes halogenated alkanes) is 3. The summed E-state index contributed by atoms with van der Waals surface area (Å²) >= 11 is 0. The zero-order valence-corrected chi connectivity index (χ0v) is 11.5. The summed E-state index contributed by atoms with van der Waals surface area (Å²) in [6.07, 6.45) is 5.08. The molecule has 1 unspecified atom stereocenters. The second-order valence-corrected chi connectivity index (χ2v) is 4.97. The number of carbonyl (C=O) groups excluding carboxylic acids is 1. The van der Waals surface area contributed by atoms with E-state index >= 15 is 0 Å². The molecular formula is C15H22N2O2. The number of hydrogen-bond acceptors (Lipinski definition) is 3. The maximum Gasteiger partial charge on any atom is 0.268 e. The molecule has 0 saturated carbocycles. The maximum atomic E-state index is 12.1. The molecule has 1 atom stereocenters. The van der Waals surface area contributed by atoms with Gasteiger partial charge in [0.1, 0.15) is 0 Å². The van der Waals surface area contributed by atoms with Crippen molar-refractivity contribution in [3.8, 4) is 0 Å². The number of benzene rings is 1. The van der Waals surface area contributed by atoms with Gasteiger partial charge in [0.25, 0.3) is 5.91 Å². The first-order valence-electron chi connectivity index (χ1n) is 7.04. The number of rotatable bonds is 6. The van der Waals surface area contributed by atoms with Crippen LogP contribution in [0.5, 0.6) is 0 Å². The average Bonchev–Trinajstić information content (AvgIpc) is 2.42. The first-order valence-corrected chi connectivity index (χ1v) is 7.04. The summed E-state index contributed by atoms with van der Waals surface area (Å²) in [6, 6.07) is 7.28. The second-order valence-electron chi connectivity index (χ2n) is 4.97. The highest BCUT2D eigenvalue weighted by Crippen LogP contribution is 2.27. The van der Waals surface area contributed by atoms with Crippen LogP contribution in [0.2, 0.25) is 0 Å². The first-order chi connectivity index (χ1) is 9.24. The molecule has 0 aliphatic carbocycles. The van der Waals surface area contributed by atoms with Gasteiger partial charge in [-0.25, -0.2) is 0 Å². The quantitative estimate of drug-likeness (QED) is 0.801. The largest absolute Gasteiger partial charge is 0.320 e. The Bertz CT molecular complexity index is 434. The Balaban J connectivity index is 2.00. The molecule has 1 amide bonds. The van der Waals surface area contributed by atoms with Crippen LogP contribution in [0.25, 0.3) is 0 Å². The van der Waals surface area contributed by atoms with Crippen molar-refractivity contribution in [1.82, 2.24) is 0 Å². The monoisotopic (exact) mass is 262 g/mol. The van der Waals surface area contributed by atoms with E-state index in [0.717, 1.165) is 24.1 Å². The topological polar surface area (TPSA) is 55.6 Å². The van der Waals surface area contributed by atoms with Crippen LogP contribution in [-0.4, -0.2) is 18.6 Å². The van der Waals surface area contributed by atoms with E-state index < -0.39 is 6.04 Å². The minimum Gasteiger partial charge on any atom is -0.320 e. The van der Waals surface area contributed by atoms with Crippen LogP contribution in [0.4, 0.5) is 5.69 Å². The molecule has 19 heavy (non-hydrogen) atoms. The third kappa shape index (κ3) is 3.33. The van der Waals surface area contributed by atoms with E-state index in [0.29, 0.717) is 13.0 Å². The third-order valence-electron chi connectivity index (χ3n) is 3.39. The van der Waals surface area contributed by atoms with Crippen molar-refractivity contribution >= 4 is 11.6 Å². The fraction of sp³-hybridized carbons (Fsp3) is 0.533. The highest BCUT2D eigenvalue weighted by atomic mass is 16.7. The van der Waals surface area contributed by atoms with Crippen LogP contribution in [0.3, 0.4) is 0 Å². The van der Waals surface area contributed by atoms with Crippen LogP contribution in [0.1, 0.15) is 38.2 Å². The van der Waals surface area contributed by atoms with Crippen LogP contribution in [-0.2, 0) is 16.1 Å². The normalized spacial score (nSPS) is 18.5. The SMILES string of the molecule is CCCCCCON1C(=O)C(N)Cc2ccccc21. The predicted molar refractivity (Wildman–Crippen MR) is 75.7 cm³/mol. The summed E-state index contributed by atoms with van der Waals surface area (Å²) in [5.41, 5.74) is 7.77. The van der Waals surface area contributed by atoms with Crippen LogP contribution >= 0.6 is 0 Å². The van der Waals surface area contributed by atoms with E-state index in [2.05, 4.69) is 6.92 Å². The van der Waals surface area contributed by atoms with Gasteiger partial charge in [-0.05, 0) is 24.5 Å². The van der Waals surface area contributed by atoms with Crippen LogP contribution < -0.4 is 10.8 Å². The number of fused-ring (bicyclic) bond motifs is 1. The molecule has 0 spiro atoms. The minimum absolute atomic E-state index is 0.144. The number of nitrogens with zero attached hydrogens (tertiary/aromatic N) is 1. The van der Waals surface area contributed by atoms with Gasteiger partial charge in [-0.1, -0.05) is 44.4 Å². The zero-order chi connectivity index (χ0) is 13.7. The number of nitrogens with two attached hydrogens (primary N) is 1. The number of para-hydroxylation sites is 1. The zero-order valence-electron chi connectivity index (χ0n) is 11.5. The summed E-state index contributed by atoms with van der Waals surface area (Å²) in [6.45, 7) is 2.73. The number of amides is 1. The smallest absolute Gasteiger partial charge is 0.268 e. The van der Waals surface area contributed by atoms with Gasteiger partial charge in [0, 0.05) is 0 Å². The average molecular weight is 262 g/mol. The van der Waals surface area contributed by atoms with Gasteiger partial charge >= 0.3 is 0 Å². The molecule has 0 fully saturated rings. The molecule has 0 bridgehead atoms. The first kappa shape index (κ1) is 14.0. The van der Waals surface area contributed by atoms with Gasteiger partial charge in [-0.3, -0.25) is 9.63 Å². The number of hydrogen-bond donors (Lipinski definition) is 1. The number of hydroxylamine groups is 1. The van der Waals surface area contributed by atoms with Crippen molar-refractivity contribution in [3.63, 3.8) is 0 Å². The Hall–Kier alpha value is -1.39. The van der Waals surface area contributed by atoms with Crippen LogP contribution in [0, 0.1) is 0 Å². The van der Waals surface area contributed by atoms with Crippen molar-refractivity contribution in [2.75, 3.05) is 11.7 Å². The third-order valence-corrected chi connectivity index (χ3v) is 3.39. The van der Waals surface area contributed by atoms with E-state index in [9.17, 15) is 4.79 Å². The predicted octanol–water partition coefficient (Wildman–Crippen LogP) is 2.41. The van der Waals surface area contributed by atoms with Gasteiger partial charge in [0.2, 0.25) is 0 Å². The molecule has 0 radical (unpaired) electrons. The standard InChI is InChI=1S/C15H22N2O2/c1-2-3-4-7-10-19-17-14-9-6-5-8-12(14)11-13(16)15(17)18/h5-6,8-9,13H,2-4,7,10-11,16H2,1H3. The van der Waals surface area contributed by atoms with Crippen LogP contribution in [0.15, 0.2) is 24.3 Å². The summed E-state index contributed by atoms with van der Waals surface area (Å²) < 4.78 is 0. The molecule has 2 N–H and O–H groups in total. The molecular weight excluding hydrogens is 240 g/mol. The molecule has 4 nitrogen and oxygen atoms in total. The highest BCUT2D eigenvalue weighted by Gasteiger charge is 2.31. The Labute approximate surface area is 114 Å². The Morgan fingerprint density at radius 3 is 2.89 bits per heavy atom. The number of anilines is 1. The fourth-order valence-corrected chi connectivity index (χ4v) is 2.29. The van der Waals surface area contributed by atoms with Crippen molar-refractivity contribution in [2.24, 2.45) is 5.73 Å². The highest BCUT2D eigenvalue weighted by molar-refractivity contribution is 5.98. The molecule has 104 valence electrons. The molecule has 1 aliphatic heterocycles. The Morgan fingerprint density at radius 2 is 2.11 bits per heavy atom. The Kier molecular flexibility index (Phi) is 4.93. The van der Waals surface area contributed by atoms with E-state index in [1.807, 2.05) is 24.3 Å². The molecule has 0 aromatic heterocycles. The summed E-state index contributed by atoms with van der Waals surface area (Å²) in [7, 11) is 0. The molecule has 1 heterocycles. The minimum atomic E-state index is -0.495. The van der Waals surface area contributed by atoms with Gasteiger partial charge in [-0.2, -0.15) is 5.06 Å². The lowest BCUT2D eigenvalue weighted by atomic mass is 9.99. The van der Waals surface area contributed by atoms with Gasteiger partial charge in [0.05, 0.1) is 18.3 Å². The van der Waals surface area contributed by atoms with Gasteiger partial charge < -0.3 is 5.73 Å². The number of carbonyl (C=O) groups is 1. The maximum absolute atomic E-state index is 12.1. The second kappa shape index (κ2) is 6.68. The summed E-state index contributed by atoms with van der Waals surface area (Å²) in [4.78, 5) is 17.7. The van der Waals surface area contributed by atoms with Crippen molar-refractivity contribution in [3.05, 3.63) is 29.8 Å². The molecule has 1 aromatic rings. The Morgan fingerprint density at radius 1 is 1.32 bits per heavy atom. The van der Waals surface area contributed by atoms with Crippen molar-refractivity contribution in [2.45, 2.75) is 45.1 Å². The van der Waals surface area contributed by atoms with Crippen molar-refractivity contribution < 1.29 is 9.63 Å². The summed E-state index contributed by atoms with van der Waals surface area (Å²) in [5, 5.41) is 1.38. The molecule has 0 saturated heterocycles. The summed E-state index contributed by atoms with van der Waals surface area (Å²) in [5.74, 6) is -0.144. The van der Waals surface area contributed by atoms with E-state index in [-0.39, 0.29) is 5.91 Å². The molecule has 1 aliphatic rings.